The number of allylic oxidation sites excluding steroid dienone is 5. The maximum absolute atomic E-state index is 2.40. The normalized spacial score (nSPS) is 19.8. The molecular weight excluding hydrogens is 288 g/mol. The van der Waals surface area contributed by atoms with Crippen molar-refractivity contribution in [1.82, 2.24) is 0 Å². The summed E-state index contributed by atoms with van der Waals surface area (Å²) in [6.45, 7) is 0. The highest BCUT2D eigenvalue weighted by molar-refractivity contribution is 6.05. The molecule has 0 bridgehead atoms. The molecule has 0 aliphatic heterocycles. The quantitative estimate of drug-likeness (QED) is 0.471. The Morgan fingerprint density at radius 2 is 1.62 bits per heavy atom. The second-order valence-electron chi connectivity index (χ2n) is 6.92. The predicted octanol–water partition coefficient (Wildman–Crippen LogP) is 6.10. The van der Waals surface area contributed by atoms with Gasteiger partial charge in [0, 0.05) is 5.92 Å². The number of fused-ring (bicyclic) bond motifs is 4. The van der Waals surface area contributed by atoms with Gasteiger partial charge in [0.1, 0.15) is 0 Å². The lowest BCUT2D eigenvalue weighted by Crippen LogP contribution is -2.19. The van der Waals surface area contributed by atoms with Crippen LogP contribution in [-0.4, -0.2) is 0 Å². The summed E-state index contributed by atoms with van der Waals surface area (Å²) in [5.74, 6) is 0.375. The fourth-order valence-electron chi connectivity index (χ4n) is 4.80. The summed E-state index contributed by atoms with van der Waals surface area (Å²) in [6, 6.07) is 22.4. The summed E-state index contributed by atoms with van der Waals surface area (Å²) >= 11 is 0. The Bertz CT molecular complexity index is 1120. The average molecular weight is 304 g/mol. The van der Waals surface area contributed by atoms with Gasteiger partial charge < -0.3 is 0 Å². The first-order chi connectivity index (χ1) is 11.9. The van der Waals surface area contributed by atoms with Gasteiger partial charge in [0.2, 0.25) is 0 Å². The standard InChI is InChI=1S/C24H16/c1-2-10-18-16(6-1)14-17-9-5-12-20-19-11-3-7-15-8-4-13-21(22(15)19)24(18)23(17)20/h1-8,10-14,24H,9H2. The Balaban J connectivity index is 1.83. The highest BCUT2D eigenvalue weighted by atomic mass is 14.4. The van der Waals surface area contributed by atoms with E-state index in [4.69, 9.17) is 0 Å². The van der Waals surface area contributed by atoms with Crippen molar-refractivity contribution in [2.45, 2.75) is 12.3 Å². The van der Waals surface area contributed by atoms with Gasteiger partial charge in [-0.25, -0.2) is 0 Å². The highest BCUT2D eigenvalue weighted by Gasteiger charge is 2.35. The van der Waals surface area contributed by atoms with Gasteiger partial charge in [-0.05, 0) is 56.2 Å². The third-order valence-electron chi connectivity index (χ3n) is 5.72. The molecule has 3 aliphatic rings. The minimum atomic E-state index is 0.375. The van der Waals surface area contributed by atoms with Crippen LogP contribution in [0.25, 0.3) is 22.4 Å². The number of rotatable bonds is 0. The van der Waals surface area contributed by atoms with Crippen molar-refractivity contribution in [3.8, 4) is 0 Å². The van der Waals surface area contributed by atoms with Crippen LogP contribution in [0.15, 0.2) is 84.0 Å². The van der Waals surface area contributed by atoms with Gasteiger partial charge in [-0.3, -0.25) is 0 Å². The van der Waals surface area contributed by atoms with Crippen LogP contribution >= 0.6 is 0 Å². The first-order valence-corrected chi connectivity index (χ1v) is 8.64. The van der Waals surface area contributed by atoms with E-state index in [0.29, 0.717) is 5.92 Å². The fourth-order valence-corrected chi connectivity index (χ4v) is 4.80. The van der Waals surface area contributed by atoms with Crippen LogP contribution in [0.2, 0.25) is 0 Å². The summed E-state index contributed by atoms with van der Waals surface area (Å²) in [6.07, 6.45) is 8.11. The third-order valence-corrected chi connectivity index (χ3v) is 5.72. The molecule has 0 amide bonds. The first-order valence-electron chi connectivity index (χ1n) is 8.64. The van der Waals surface area contributed by atoms with E-state index in [-0.39, 0.29) is 0 Å². The van der Waals surface area contributed by atoms with Gasteiger partial charge >= 0.3 is 0 Å². The lowest BCUT2D eigenvalue weighted by Gasteiger charge is -2.37. The van der Waals surface area contributed by atoms with E-state index in [1.54, 1.807) is 0 Å². The minimum absolute atomic E-state index is 0.375. The molecular formula is C24H16. The van der Waals surface area contributed by atoms with Crippen LogP contribution in [0, 0.1) is 0 Å². The molecule has 3 aliphatic carbocycles. The molecule has 0 spiro atoms. The largest absolute Gasteiger partial charge is 0.0795 e. The summed E-state index contributed by atoms with van der Waals surface area (Å²) < 4.78 is 0. The lowest BCUT2D eigenvalue weighted by atomic mass is 9.66. The Morgan fingerprint density at radius 3 is 2.58 bits per heavy atom. The van der Waals surface area contributed by atoms with E-state index in [9.17, 15) is 0 Å². The maximum atomic E-state index is 2.40. The zero-order chi connectivity index (χ0) is 15.7. The number of hydrogen-bond acceptors (Lipinski definition) is 0. The summed E-state index contributed by atoms with van der Waals surface area (Å²) in [5, 5.41) is 2.79. The molecule has 24 heavy (non-hydrogen) atoms. The topological polar surface area (TPSA) is 0 Å². The molecule has 0 saturated heterocycles. The minimum Gasteiger partial charge on any atom is -0.0795 e. The average Bonchev–Trinajstić information content (AvgIpc) is 2.64. The number of benzene rings is 3. The molecule has 3 aromatic rings. The molecule has 0 heteroatoms. The molecule has 0 radical (unpaired) electrons. The van der Waals surface area contributed by atoms with E-state index < -0.39 is 0 Å². The second-order valence-corrected chi connectivity index (χ2v) is 6.92. The summed E-state index contributed by atoms with van der Waals surface area (Å²) in [4.78, 5) is 0. The zero-order valence-electron chi connectivity index (χ0n) is 13.3. The van der Waals surface area contributed by atoms with Gasteiger partial charge in [-0.1, -0.05) is 78.9 Å². The van der Waals surface area contributed by atoms with E-state index in [0.717, 1.165) is 6.42 Å². The van der Waals surface area contributed by atoms with E-state index in [2.05, 4.69) is 78.9 Å². The Labute approximate surface area is 141 Å². The Hall–Kier alpha value is -2.86. The Kier molecular flexibility index (Phi) is 2.28. The molecule has 0 fully saturated rings. The molecule has 0 nitrogen and oxygen atoms in total. The molecule has 3 aromatic carbocycles. The van der Waals surface area contributed by atoms with Crippen molar-refractivity contribution in [1.29, 1.82) is 0 Å². The van der Waals surface area contributed by atoms with E-state index >= 15 is 0 Å². The van der Waals surface area contributed by atoms with Crippen molar-refractivity contribution < 1.29 is 0 Å². The molecule has 0 heterocycles. The van der Waals surface area contributed by atoms with Crippen LogP contribution in [0.5, 0.6) is 0 Å². The number of hydrogen-bond donors (Lipinski definition) is 0. The molecule has 6 rings (SSSR count). The van der Waals surface area contributed by atoms with Crippen LogP contribution in [0.1, 0.15) is 34.6 Å². The maximum Gasteiger partial charge on any atom is 0.0361 e. The molecule has 0 N–H and O–H groups in total. The second kappa shape index (κ2) is 4.36. The van der Waals surface area contributed by atoms with E-state index in [1.807, 2.05) is 0 Å². The van der Waals surface area contributed by atoms with Crippen molar-refractivity contribution in [2.75, 3.05) is 0 Å². The van der Waals surface area contributed by atoms with Crippen LogP contribution in [0.3, 0.4) is 0 Å². The molecule has 0 saturated carbocycles. The summed E-state index contributed by atoms with van der Waals surface area (Å²) in [5.41, 5.74) is 10.1. The van der Waals surface area contributed by atoms with Crippen molar-refractivity contribution >= 4 is 22.4 Å². The third kappa shape index (κ3) is 1.44. The molecule has 112 valence electrons. The smallest absolute Gasteiger partial charge is 0.0361 e. The van der Waals surface area contributed by atoms with Crippen molar-refractivity contribution in [2.24, 2.45) is 0 Å². The zero-order valence-corrected chi connectivity index (χ0v) is 13.3. The fraction of sp³-hybridized carbons (Fsp3) is 0.0833. The van der Waals surface area contributed by atoms with Gasteiger partial charge in [0.05, 0.1) is 0 Å². The van der Waals surface area contributed by atoms with Crippen LogP contribution in [0.4, 0.5) is 0 Å². The molecule has 1 atom stereocenters. The summed E-state index contributed by atoms with van der Waals surface area (Å²) in [7, 11) is 0. The highest BCUT2D eigenvalue weighted by Crippen LogP contribution is 2.53. The monoisotopic (exact) mass is 304 g/mol. The van der Waals surface area contributed by atoms with Gasteiger partial charge in [-0.15, -0.1) is 0 Å². The molecule has 0 aromatic heterocycles. The van der Waals surface area contributed by atoms with Crippen LogP contribution in [-0.2, 0) is 0 Å². The van der Waals surface area contributed by atoms with Gasteiger partial charge in [-0.2, -0.15) is 0 Å². The van der Waals surface area contributed by atoms with Gasteiger partial charge in [0.25, 0.3) is 0 Å². The van der Waals surface area contributed by atoms with E-state index in [1.165, 1.54) is 49.7 Å². The van der Waals surface area contributed by atoms with Crippen LogP contribution < -0.4 is 0 Å². The SMILES string of the molecule is C1=CC2=C3C(=Cc4ccccc4C3c3cccc4cccc2c34)C1. The van der Waals surface area contributed by atoms with Gasteiger partial charge in [0.15, 0.2) is 0 Å². The molecule has 1 unspecified atom stereocenters. The van der Waals surface area contributed by atoms with Crippen molar-refractivity contribution in [3.63, 3.8) is 0 Å². The van der Waals surface area contributed by atoms with Crippen molar-refractivity contribution in [3.05, 3.63) is 106 Å². The predicted molar refractivity (Wildman–Crippen MR) is 101 cm³/mol. The lowest BCUT2D eigenvalue weighted by molar-refractivity contribution is 0.925. The Morgan fingerprint density at radius 1 is 0.792 bits per heavy atom. The first kappa shape index (κ1) is 12.5.